The molecule has 3 rings (SSSR count). The first-order chi connectivity index (χ1) is 12.8. The summed E-state index contributed by atoms with van der Waals surface area (Å²) in [6.07, 6.45) is 0. The third-order valence-corrected chi connectivity index (χ3v) is 6.34. The summed E-state index contributed by atoms with van der Waals surface area (Å²) < 4.78 is 27.3. The molecular formula is C19H17ClN2O3S2. The number of sulfonamides is 1. The minimum atomic E-state index is -3.72. The normalized spacial score (nSPS) is 11.2. The molecular weight excluding hydrogens is 404 g/mol. The zero-order valence-electron chi connectivity index (χ0n) is 14.4. The molecule has 1 amide bonds. The van der Waals surface area contributed by atoms with Crippen LogP contribution in [0.4, 0.5) is 5.69 Å². The van der Waals surface area contributed by atoms with Crippen molar-refractivity contribution in [3.05, 3.63) is 81.5 Å². The number of amides is 1. The van der Waals surface area contributed by atoms with Crippen molar-refractivity contribution in [3.63, 3.8) is 0 Å². The Labute approximate surface area is 167 Å². The zero-order valence-corrected chi connectivity index (χ0v) is 16.8. The standard InChI is InChI=1S/C19H17ClN2O3S2/c1-22(13-17-3-2-12-26-17)19(23)14-4-8-16(9-5-14)21-27(24,25)18-10-6-15(20)7-11-18/h2-12,21H,13H2,1H3. The molecule has 0 unspecified atom stereocenters. The van der Waals surface area contributed by atoms with E-state index in [1.165, 1.54) is 24.3 Å². The summed E-state index contributed by atoms with van der Waals surface area (Å²) in [5.41, 5.74) is 0.867. The first kappa shape index (κ1) is 19.4. The second-order valence-corrected chi connectivity index (χ2v) is 9.03. The third-order valence-electron chi connectivity index (χ3n) is 3.83. The van der Waals surface area contributed by atoms with E-state index in [4.69, 9.17) is 11.6 Å². The summed E-state index contributed by atoms with van der Waals surface area (Å²) in [5, 5.41) is 2.43. The van der Waals surface area contributed by atoms with Gasteiger partial charge in [-0.1, -0.05) is 17.7 Å². The van der Waals surface area contributed by atoms with E-state index in [1.807, 2.05) is 17.5 Å². The fourth-order valence-corrected chi connectivity index (χ4v) is 4.38. The van der Waals surface area contributed by atoms with Crippen LogP contribution in [0.1, 0.15) is 15.2 Å². The van der Waals surface area contributed by atoms with E-state index < -0.39 is 10.0 Å². The van der Waals surface area contributed by atoms with Gasteiger partial charge >= 0.3 is 0 Å². The van der Waals surface area contributed by atoms with E-state index in [0.29, 0.717) is 22.8 Å². The molecule has 140 valence electrons. The highest BCUT2D eigenvalue weighted by atomic mass is 35.5. The van der Waals surface area contributed by atoms with Crippen LogP contribution in [0, 0.1) is 0 Å². The summed E-state index contributed by atoms with van der Waals surface area (Å²) >= 11 is 7.38. The van der Waals surface area contributed by atoms with Gasteiger partial charge in [-0.3, -0.25) is 9.52 Å². The van der Waals surface area contributed by atoms with Crippen LogP contribution in [-0.4, -0.2) is 26.3 Å². The molecule has 5 nitrogen and oxygen atoms in total. The third kappa shape index (κ3) is 4.88. The lowest BCUT2D eigenvalue weighted by molar-refractivity contribution is 0.0786. The number of thiophene rings is 1. The van der Waals surface area contributed by atoms with Gasteiger partial charge in [0.25, 0.3) is 15.9 Å². The van der Waals surface area contributed by atoms with Gasteiger partial charge in [0.15, 0.2) is 0 Å². The average Bonchev–Trinajstić information content (AvgIpc) is 3.15. The predicted molar refractivity (Wildman–Crippen MR) is 109 cm³/mol. The Bertz CT molecular complexity index is 1020. The molecule has 0 aliphatic heterocycles. The minimum Gasteiger partial charge on any atom is -0.337 e. The lowest BCUT2D eigenvalue weighted by Gasteiger charge is -2.16. The van der Waals surface area contributed by atoms with Gasteiger partial charge in [-0.2, -0.15) is 0 Å². The van der Waals surface area contributed by atoms with Crippen LogP contribution in [0.5, 0.6) is 0 Å². The molecule has 0 saturated heterocycles. The first-order valence-electron chi connectivity index (χ1n) is 8.01. The largest absolute Gasteiger partial charge is 0.337 e. The second kappa shape index (κ2) is 8.12. The van der Waals surface area contributed by atoms with Gasteiger partial charge in [-0.05, 0) is 60.0 Å². The van der Waals surface area contributed by atoms with Crippen LogP contribution in [0.3, 0.4) is 0 Å². The highest BCUT2D eigenvalue weighted by Crippen LogP contribution is 2.19. The quantitative estimate of drug-likeness (QED) is 0.639. The van der Waals surface area contributed by atoms with E-state index in [-0.39, 0.29) is 10.8 Å². The summed E-state index contributed by atoms with van der Waals surface area (Å²) in [4.78, 5) is 15.3. The number of carbonyl (C=O) groups is 1. The molecule has 0 saturated carbocycles. The molecule has 1 aromatic heterocycles. The monoisotopic (exact) mass is 420 g/mol. The summed E-state index contributed by atoms with van der Waals surface area (Å²) in [7, 11) is -1.98. The topological polar surface area (TPSA) is 66.5 Å². The van der Waals surface area contributed by atoms with Gasteiger partial charge in [0.1, 0.15) is 0 Å². The highest BCUT2D eigenvalue weighted by molar-refractivity contribution is 7.92. The van der Waals surface area contributed by atoms with Crippen molar-refractivity contribution >= 4 is 44.6 Å². The molecule has 0 atom stereocenters. The molecule has 0 bridgehead atoms. The maximum Gasteiger partial charge on any atom is 0.261 e. The molecule has 1 heterocycles. The van der Waals surface area contributed by atoms with Gasteiger partial charge in [0, 0.05) is 28.2 Å². The summed E-state index contributed by atoms with van der Waals surface area (Å²) in [6, 6.07) is 16.2. The smallest absolute Gasteiger partial charge is 0.261 e. The number of hydrogen-bond acceptors (Lipinski definition) is 4. The lowest BCUT2D eigenvalue weighted by Crippen LogP contribution is -2.25. The van der Waals surface area contributed by atoms with Crippen LogP contribution < -0.4 is 4.72 Å². The molecule has 0 spiro atoms. The van der Waals surface area contributed by atoms with Crippen LogP contribution in [-0.2, 0) is 16.6 Å². The SMILES string of the molecule is CN(Cc1cccs1)C(=O)c1ccc(NS(=O)(=O)c2ccc(Cl)cc2)cc1. The van der Waals surface area contributed by atoms with Gasteiger partial charge < -0.3 is 4.90 Å². The molecule has 0 aliphatic carbocycles. The number of anilines is 1. The van der Waals surface area contributed by atoms with E-state index in [9.17, 15) is 13.2 Å². The number of nitrogens with zero attached hydrogens (tertiary/aromatic N) is 1. The maximum absolute atomic E-state index is 12.5. The molecule has 1 N–H and O–H groups in total. The van der Waals surface area contributed by atoms with Gasteiger partial charge in [-0.25, -0.2) is 8.42 Å². The van der Waals surface area contributed by atoms with Crippen molar-refractivity contribution in [2.75, 3.05) is 11.8 Å². The Hall–Kier alpha value is -2.35. The molecule has 8 heteroatoms. The van der Waals surface area contributed by atoms with Crippen molar-refractivity contribution in [1.82, 2.24) is 4.90 Å². The second-order valence-electron chi connectivity index (χ2n) is 5.88. The van der Waals surface area contributed by atoms with Crippen LogP contribution in [0.25, 0.3) is 0 Å². The fourth-order valence-electron chi connectivity index (χ4n) is 2.44. The molecule has 27 heavy (non-hydrogen) atoms. The minimum absolute atomic E-state index is 0.114. The molecule has 0 radical (unpaired) electrons. The van der Waals surface area contributed by atoms with Crippen molar-refractivity contribution in [1.29, 1.82) is 0 Å². The van der Waals surface area contributed by atoms with E-state index >= 15 is 0 Å². The van der Waals surface area contributed by atoms with Crippen LogP contribution in [0.2, 0.25) is 5.02 Å². The number of benzene rings is 2. The summed E-state index contributed by atoms with van der Waals surface area (Å²) in [5.74, 6) is -0.129. The zero-order chi connectivity index (χ0) is 19.4. The van der Waals surface area contributed by atoms with E-state index in [2.05, 4.69) is 4.72 Å². The Kier molecular flexibility index (Phi) is 5.84. The molecule has 2 aromatic carbocycles. The summed E-state index contributed by atoms with van der Waals surface area (Å²) in [6.45, 7) is 0.529. The number of rotatable bonds is 6. The molecule has 3 aromatic rings. The lowest BCUT2D eigenvalue weighted by atomic mass is 10.2. The van der Waals surface area contributed by atoms with Crippen LogP contribution >= 0.6 is 22.9 Å². The number of halogens is 1. The Balaban J connectivity index is 1.69. The van der Waals surface area contributed by atoms with Gasteiger partial charge in [0.2, 0.25) is 0 Å². The van der Waals surface area contributed by atoms with Gasteiger partial charge in [-0.15, -0.1) is 11.3 Å². The number of nitrogens with one attached hydrogen (secondary N) is 1. The fraction of sp³-hybridized carbons (Fsp3) is 0.105. The van der Waals surface area contributed by atoms with E-state index in [0.717, 1.165) is 4.88 Å². The van der Waals surface area contributed by atoms with Crippen molar-refractivity contribution in [2.24, 2.45) is 0 Å². The van der Waals surface area contributed by atoms with Crippen molar-refractivity contribution in [3.8, 4) is 0 Å². The highest BCUT2D eigenvalue weighted by Gasteiger charge is 2.16. The average molecular weight is 421 g/mol. The maximum atomic E-state index is 12.5. The Morgan fingerprint density at radius 2 is 1.74 bits per heavy atom. The van der Waals surface area contributed by atoms with Crippen LogP contribution in [0.15, 0.2) is 70.9 Å². The Morgan fingerprint density at radius 3 is 2.33 bits per heavy atom. The molecule has 0 aliphatic rings. The van der Waals surface area contributed by atoms with Crippen molar-refractivity contribution < 1.29 is 13.2 Å². The van der Waals surface area contributed by atoms with E-state index in [1.54, 1.807) is 47.5 Å². The number of carbonyl (C=O) groups excluding carboxylic acids is 1. The first-order valence-corrected chi connectivity index (χ1v) is 10.8. The Morgan fingerprint density at radius 1 is 1.07 bits per heavy atom. The number of hydrogen-bond donors (Lipinski definition) is 1. The predicted octanol–water partition coefficient (Wildman–Crippen LogP) is 4.47. The van der Waals surface area contributed by atoms with Gasteiger partial charge in [0.05, 0.1) is 11.4 Å². The molecule has 0 fully saturated rings. The van der Waals surface area contributed by atoms with Crippen molar-refractivity contribution in [2.45, 2.75) is 11.4 Å².